The van der Waals surface area contributed by atoms with E-state index in [-0.39, 0.29) is 16.6 Å². The van der Waals surface area contributed by atoms with Crippen LogP contribution in [0.5, 0.6) is 40.2 Å². The van der Waals surface area contributed by atoms with Crippen LogP contribution in [0.4, 0.5) is 5.69 Å². The number of benzene rings is 12. The third-order valence-electron chi connectivity index (χ3n) is 13.7. The molecule has 0 aliphatic heterocycles. The molecule has 0 bridgehead atoms. The van der Waals surface area contributed by atoms with Crippen LogP contribution in [-0.2, 0) is 17.3 Å². The molecule has 0 atom stereocenters. The molecular weight excluding hydrogens is 1070 g/mol. The number of aromatic hydroxyl groups is 7. The van der Waals surface area contributed by atoms with Gasteiger partial charge in [0.05, 0.1) is 6.57 Å². The van der Waals surface area contributed by atoms with Crippen LogP contribution in [-0.4, -0.2) is 35.7 Å². The van der Waals surface area contributed by atoms with E-state index in [9.17, 15) is 10.2 Å². The van der Waals surface area contributed by atoms with Gasteiger partial charge in [-0.25, -0.2) is 4.85 Å². The molecular formula is C79H75NO7. The summed E-state index contributed by atoms with van der Waals surface area (Å²) in [5.74, 6) is 2.12. The van der Waals surface area contributed by atoms with Crippen molar-refractivity contribution in [3.05, 3.63) is 349 Å². The van der Waals surface area contributed by atoms with Gasteiger partial charge in [-0.05, 0) is 146 Å². The lowest BCUT2D eigenvalue weighted by Crippen LogP contribution is -2.18. The molecule has 0 spiro atoms. The van der Waals surface area contributed by atoms with Crippen LogP contribution < -0.4 is 0 Å². The van der Waals surface area contributed by atoms with E-state index in [1.54, 1.807) is 78.9 Å². The van der Waals surface area contributed by atoms with Gasteiger partial charge in [0.2, 0.25) is 0 Å². The Labute approximate surface area is 512 Å². The Kier molecular flexibility index (Phi) is 25.0. The van der Waals surface area contributed by atoms with Crippen LogP contribution in [0.3, 0.4) is 0 Å². The van der Waals surface area contributed by atoms with E-state index in [4.69, 9.17) is 32.1 Å². The summed E-state index contributed by atoms with van der Waals surface area (Å²) in [6.07, 6.45) is 0.918. The van der Waals surface area contributed by atoms with Gasteiger partial charge in [0.25, 0.3) is 0 Å². The van der Waals surface area contributed by atoms with Crippen molar-refractivity contribution in [3.63, 3.8) is 0 Å². The van der Waals surface area contributed by atoms with Crippen molar-refractivity contribution in [1.29, 1.82) is 0 Å². The summed E-state index contributed by atoms with van der Waals surface area (Å²) in [4.78, 5) is 3.15. The number of nitrogens with zero attached hydrogens (tertiary/aromatic N) is 1. The molecule has 8 nitrogen and oxygen atoms in total. The zero-order valence-corrected chi connectivity index (χ0v) is 49.7. The smallest absolute Gasteiger partial charge is 0.187 e. The van der Waals surface area contributed by atoms with Crippen molar-refractivity contribution < 1.29 is 35.7 Å². The molecule has 8 heteroatoms. The van der Waals surface area contributed by atoms with Gasteiger partial charge < -0.3 is 35.7 Å². The van der Waals surface area contributed by atoms with Crippen molar-refractivity contribution in [2.75, 3.05) is 0 Å². The molecule has 7 N–H and O–H groups in total. The summed E-state index contributed by atoms with van der Waals surface area (Å²) in [6.45, 7) is 17.4. The fourth-order valence-corrected chi connectivity index (χ4v) is 8.63. The van der Waals surface area contributed by atoms with E-state index >= 15 is 0 Å². The van der Waals surface area contributed by atoms with E-state index < -0.39 is 0 Å². The lowest BCUT2D eigenvalue weighted by molar-refractivity contribution is 0.473. The Balaban J connectivity index is 0.000000163. The lowest BCUT2D eigenvalue weighted by Gasteiger charge is -2.26. The van der Waals surface area contributed by atoms with Gasteiger partial charge in [0, 0.05) is 11.0 Å². The lowest BCUT2D eigenvalue weighted by atomic mass is 9.78. The Morgan fingerprint density at radius 3 is 1.15 bits per heavy atom. The maximum atomic E-state index is 9.56. The van der Waals surface area contributed by atoms with E-state index in [1.807, 2.05) is 182 Å². The number of phenolic OH excluding ortho intramolecular Hbond substituents is 7. The number of fused-ring (bicyclic) bond motifs is 1. The molecule has 0 unspecified atom stereocenters. The van der Waals surface area contributed by atoms with Crippen molar-refractivity contribution >= 4 is 16.5 Å². The first-order valence-corrected chi connectivity index (χ1v) is 28.4. The van der Waals surface area contributed by atoms with Crippen molar-refractivity contribution in [1.82, 2.24) is 0 Å². The van der Waals surface area contributed by atoms with Gasteiger partial charge >= 0.3 is 0 Å². The Hall–Kier alpha value is -11.0. The maximum Gasteiger partial charge on any atom is 0.187 e. The van der Waals surface area contributed by atoms with Gasteiger partial charge in [-0.3, -0.25) is 0 Å². The quantitative estimate of drug-likeness (QED) is 0.0821. The molecule has 0 amide bonds. The number of para-hydroxylation sites is 1. The zero-order chi connectivity index (χ0) is 62.4. The van der Waals surface area contributed by atoms with Crippen LogP contribution in [0, 0.1) is 6.57 Å². The third-order valence-corrected chi connectivity index (χ3v) is 13.7. The van der Waals surface area contributed by atoms with Crippen molar-refractivity contribution in [3.8, 4) is 62.5 Å². The summed E-state index contributed by atoms with van der Waals surface area (Å²) in [5, 5.41) is 66.2. The molecule has 0 aromatic heterocycles. The summed E-state index contributed by atoms with van der Waals surface area (Å²) < 4.78 is 0. The van der Waals surface area contributed by atoms with Gasteiger partial charge in [0.1, 0.15) is 40.2 Å². The molecule has 0 saturated heterocycles. The highest BCUT2D eigenvalue weighted by Gasteiger charge is 2.22. The fourth-order valence-electron chi connectivity index (χ4n) is 8.63. The molecule has 0 aliphatic rings. The molecule has 0 radical (unpaired) electrons. The Morgan fingerprint density at radius 1 is 0.299 bits per heavy atom. The molecule has 12 aromatic carbocycles. The fraction of sp³-hybridized carbons (Fsp3) is 0.101. The molecule has 12 rings (SSSR count). The Bertz CT molecular complexity index is 3920. The van der Waals surface area contributed by atoms with Crippen LogP contribution in [0.1, 0.15) is 62.4 Å². The zero-order valence-electron chi connectivity index (χ0n) is 49.7. The molecule has 0 heterocycles. The van der Waals surface area contributed by atoms with E-state index in [1.165, 1.54) is 45.5 Å². The highest BCUT2D eigenvalue weighted by Crippen LogP contribution is 2.33. The molecule has 12 aromatic rings. The van der Waals surface area contributed by atoms with E-state index in [0.717, 1.165) is 33.9 Å². The number of hydrogen-bond acceptors (Lipinski definition) is 7. The van der Waals surface area contributed by atoms with Gasteiger partial charge in [0.15, 0.2) is 5.69 Å². The highest BCUT2D eigenvalue weighted by atomic mass is 16.3. The molecule has 87 heavy (non-hydrogen) atoms. The second kappa shape index (κ2) is 33.3. The molecule has 0 aliphatic carbocycles. The summed E-state index contributed by atoms with van der Waals surface area (Å²) in [6, 6.07) is 96.7. The predicted molar refractivity (Wildman–Crippen MR) is 358 cm³/mol. The first kappa shape index (κ1) is 65.1. The van der Waals surface area contributed by atoms with Gasteiger partial charge in [-0.15, -0.1) is 0 Å². The molecule has 0 fully saturated rings. The second-order valence-corrected chi connectivity index (χ2v) is 21.6. The minimum Gasteiger partial charge on any atom is -0.508 e. The highest BCUT2D eigenvalue weighted by molar-refractivity contribution is 5.83. The number of phenols is 7. The van der Waals surface area contributed by atoms with E-state index in [2.05, 4.69) is 75.9 Å². The minimum atomic E-state index is -0.0328. The van der Waals surface area contributed by atoms with Crippen molar-refractivity contribution in [2.45, 2.75) is 51.9 Å². The minimum absolute atomic E-state index is 0.0328. The van der Waals surface area contributed by atoms with Crippen molar-refractivity contribution in [2.24, 2.45) is 0 Å². The van der Waals surface area contributed by atoms with Gasteiger partial charge in [-0.1, -0.05) is 265 Å². The molecule has 0 saturated carbocycles. The van der Waals surface area contributed by atoms with Crippen LogP contribution in [0.25, 0.3) is 37.9 Å². The number of hydrogen-bond donors (Lipinski definition) is 7. The largest absolute Gasteiger partial charge is 0.508 e. The Morgan fingerprint density at radius 2 is 0.655 bits per heavy atom. The maximum absolute atomic E-state index is 9.56. The van der Waals surface area contributed by atoms with Crippen LogP contribution >= 0.6 is 0 Å². The SMILES string of the molecule is CC(C)(C)c1ccc(O)cc1.CC(C)(c1ccccc1)c1ccc(O)cc1.Oc1ccc(-c2ccccc2)cc1.Oc1ccc(Cc2ccccc2)cc1.Oc1ccc2ccccc2c1.Oc1ccccc1-c1ccccc1.[C-]#[N+]c1ccc(O)cc1. The van der Waals surface area contributed by atoms with Gasteiger partial charge in [-0.2, -0.15) is 0 Å². The third kappa shape index (κ3) is 22.3. The summed E-state index contributed by atoms with van der Waals surface area (Å²) in [5.41, 5.74) is 11.1. The first-order chi connectivity index (χ1) is 41.9. The monoisotopic (exact) mass is 1150 g/mol. The van der Waals surface area contributed by atoms with E-state index in [0.29, 0.717) is 40.2 Å². The first-order valence-electron chi connectivity index (χ1n) is 28.4. The molecule has 438 valence electrons. The summed E-state index contributed by atoms with van der Waals surface area (Å²) >= 11 is 0. The van der Waals surface area contributed by atoms with Crippen LogP contribution in [0.2, 0.25) is 0 Å². The number of rotatable bonds is 6. The topological polar surface area (TPSA) is 146 Å². The normalized spacial score (nSPS) is 10.3. The standard InChI is InChI=1S/C15H16O.C13H12O.2C12H10O.C10H8O.C10H14O.C7H5NO/c1-15(2,12-6-4-3-5-7-12)13-8-10-14(16)11-9-13;14-13-8-6-12(7-9-13)10-11-4-2-1-3-5-11;13-12-9-5-4-8-11(12)10-6-2-1-3-7-10;13-12-8-6-11(7-9-12)10-4-2-1-3-5-10;11-10-6-5-8-3-1-2-4-9(8)7-10;1-10(2,3)8-4-6-9(11)7-5-8;1-8-6-2-4-7(9)5-3-6/h3-11,16H,1-2H3;1-9,14H,10H2;2*1-9,13H;1-7,11H;4-7,11H,1-3H3;2-5,9H. The summed E-state index contributed by atoms with van der Waals surface area (Å²) in [7, 11) is 0. The van der Waals surface area contributed by atoms with Crippen LogP contribution in [0.15, 0.2) is 309 Å². The average Bonchev–Trinajstić information content (AvgIpc) is 2.24. The average molecular weight is 1150 g/mol. The predicted octanol–water partition coefficient (Wildman–Crippen LogP) is 20.0. The second-order valence-electron chi connectivity index (χ2n) is 21.6.